The van der Waals surface area contributed by atoms with Crippen molar-refractivity contribution in [2.24, 2.45) is 7.92 Å². The number of hydrogen-bond donors (Lipinski definition) is 2. The van der Waals surface area contributed by atoms with E-state index in [0.717, 1.165) is 17.1 Å². The molecule has 0 fully saturated rings. The summed E-state index contributed by atoms with van der Waals surface area (Å²) in [6.07, 6.45) is 0. The average Bonchev–Trinajstić information content (AvgIpc) is 2.96. The van der Waals surface area contributed by atoms with Gasteiger partial charge in [-0.2, -0.15) is 0 Å². The van der Waals surface area contributed by atoms with Crippen LogP contribution >= 0.6 is 11.6 Å². The van der Waals surface area contributed by atoms with Crippen LogP contribution in [0, 0.1) is 0 Å². The molecule has 0 amide bonds. The Labute approximate surface area is 132 Å². The van der Waals surface area contributed by atoms with Crippen molar-refractivity contribution < 1.29 is 9.84 Å². The average molecular weight is 369 g/mol. The molecule has 0 unspecified atom stereocenters. The van der Waals surface area contributed by atoms with Gasteiger partial charge in [0.15, 0.2) is 0 Å². The second-order valence-corrected chi connectivity index (χ2v) is 5.95. The first-order valence-corrected chi connectivity index (χ1v) is 8.10. The first-order chi connectivity index (χ1) is 10.2. The molecule has 0 bridgehead atoms. The van der Waals surface area contributed by atoms with Crippen molar-refractivity contribution in [2.45, 2.75) is 6.54 Å². The second kappa shape index (κ2) is 5.93. The minimum atomic E-state index is -0.0679. The maximum absolute atomic E-state index is 10.1. The Hall–Kier alpha value is -1.75. The molecule has 0 atom stereocenters. The quantitative estimate of drug-likeness (QED) is 0.684. The van der Waals surface area contributed by atoms with Gasteiger partial charge < -0.3 is 0 Å². The van der Waals surface area contributed by atoms with Gasteiger partial charge >= 0.3 is 132 Å². The number of fused-ring (bicyclic) bond motifs is 1. The molecule has 2 aromatic rings. The molecule has 5 nitrogen and oxygen atoms in total. The number of rotatable bonds is 4. The van der Waals surface area contributed by atoms with Crippen LogP contribution in [0.5, 0.6) is 11.5 Å². The van der Waals surface area contributed by atoms with Gasteiger partial charge in [-0.3, -0.25) is 0 Å². The topological polar surface area (TPSA) is 66.2 Å². The number of ether oxygens (including phenoxy) is 1. The first kappa shape index (κ1) is 14.2. The molecule has 2 aromatic carbocycles. The normalized spacial score (nSPS) is 11.9. The summed E-state index contributed by atoms with van der Waals surface area (Å²) in [5, 5.41) is 13.9. The summed E-state index contributed by atoms with van der Waals surface area (Å²) in [6.45, 7) is 0.418. The van der Waals surface area contributed by atoms with E-state index in [0.29, 0.717) is 22.9 Å². The van der Waals surface area contributed by atoms with E-state index in [4.69, 9.17) is 16.3 Å². The Balaban J connectivity index is 1.85. The van der Waals surface area contributed by atoms with Crippen molar-refractivity contribution in [3.05, 3.63) is 40.9 Å². The van der Waals surface area contributed by atoms with Crippen molar-refractivity contribution in [1.82, 2.24) is 0 Å². The van der Waals surface area contributed by atoms with E-state index in [-0.39, 0.29) is 20.3 Å². The van der Waals surface area contributed by atoms with Gasteiger partial charge in [0, 0.05) is 0 Å². The van der Waals surface area contributed by atoms with E-state index in [2.05, 4.69) is 13.2 Å². The van der Waals surface area contributed by atoms with Crippen molar-refractivity contribution in [3.8, 4) is 11.5 Å². The van der Waals surface area contributed by atoms with Crippen LogP contribution in [-0.2, 0) is 6.54 Å². The number of halogens is 1. The molecule has 0 radical (unpaired) electrons. The Morgan fingerprint density at radius 1 is 1.33 bits per heavy atom. The third kappa shape index (κ3) is 2.83. The SMILES string of the molecule is COc1cc(Cl)cc(CNc2cccc3c2N=[Se]=N3)c1O. The number of nitrogens with one attached hydrogen (secondary N) is 1. The zero-order valence-corrected chi connectivity index (χ0v) is 13.6. The molecule has 21 heavy (non-hydrogen) atoms. The van der Waals surface area contributed by atoms with Crippen molar-refractivity contribution in [3.63, 3.8) is 0 Å². The predicted molar refractivity (Wildman–Crippen MR) is 83.4 cm³/mol. The number of hydrogen-bond acceptors (Lipinski definition) is 5. The van der Waals surface area contributed by atoms with Gasteiger partial charge in [-0.1, -0.05) is 0 Å². The van der Waals surface area contributed by atoms with Crippen LogP contribution in [0.15, 0.2) is 38.3 Å². The fourth-order valence-corrected chi connectivity index (χ4v) is 3.44. The number of phenolic OH excluding ortho intramolecular Hbond substituents is 1. The summed E-state index contributed by atoms with van der Waals surface area (Å²) in [6, 6.07) is 9.11. The van der Waals surface area contributed by atoms with Crippen LogP contribution < -0.4 is 10.1 Å². The monoisotopic (exact) mass is 369 g/mol. The molecule has 0 saturated carbocycles. The number of methoxy groups -OCH3 is 1. The van der Waals surface area contributed by atoms with E-state index in [1.54, 1.807) is 12.1 Å². The summed E-state index contributed by atoms with van der Waals surface area (Å²) >= 11 is 5.96. The fourth-order valence-electron chi connectivity index (χ4n) is 2.06. The Morgan fingerprint density at radius 3 is 3.00 bits per heavy atom. The van der Waals surface area contributed by atoms with Crippen LogP contribution in [0.25, 0.3) is 0 Å². The number of anilines is 1. The standard InChI is InChI=1S/C14H12ClN3O2Se/c1-20-12-6-9(15)5-8(14(12)19)7-16-10-3-2-4-11-13(10)18-21-17-11/h2-6,16,19H,7H2,1H3. The third-order valence-electron chi connectivity index (χ3n) is 3.09. The van der Waals surface area contributed by atoms with Crippen LogP contribution in [0.3, 0.4) is 0 Å². The summed E-state index contributed by atoms with van der Waals surface area (Å²) < 4.78 is 13.8. The van der Waals surface area contributed by atoms with Crippen LogP contribution in [-0.4, -0.2) is 26.8 Å². The molecule has 0 saturated heterocycles. The van der Waals surface area contributed by atoms with Crippen LogP contribution in [0.4, 0.5) is 17.1 Å². The molecule has 1 heterocycles. The molecule has 0 aliphatic carbocycles. The Kier molecular flexibility index (Phi) is 4.01. The zero-order chi connectivity index (χ0) is 14.8. The molecule has 3 rings (SSSR count). The summed E-state index contributed by atoms with van der Waals surface area (Å²) in [5.41, 5.74) is 3.35. The molecule has 2 N–H and O–H groups in total. The van der Waals surface area contributed by atoms with E-state index < -0.39 is 0 Å². The van der Waals surface area contributed by atoms with Crippen molar-refractivity contribution in [1.29, 1.82) is 0 Å². The second-order valence-electron chi connectivity index (χ2n) is 4.41. The first-order valence-electron chi connectivity index (χ1n) is 6.19. The van der Waals surface area contributed by atoms with Crippen LogP contribution in [0.1, 0.15) is 5.56 Å². The number of benzene rings is 2. The number of aromatic hydroxyl groups is 1. The van der Waals surface area contributed by atoms with Crippen molar-refractivity contribution >= 4 is 43.2 Å². The fraction of sp³-hybridized carbons (Fsp3) is 0.143. The van der Waals surface area contributed by atoms with E-state index in [9.17, 15) is 5.11 Å². The van der Waals surface area contributed by atoms with E-state index >= 15 is 0 Å². The molecule has 1 aliphatic rings. The zero-order valence-electron chi connectivity index (χ0n) is 11.1. The molecule has 0 aromatic heterocycles. The van der Waals surface area contributed by atoms with Gasteiger partial charge in [0.1, 0.15) is 0 Å². The van der Waals surface area contributed by atoms with Gasteiger partial charge in [-0.25, -0.2) is 0 Å². The molecule has 1 aliphatic heterocycles. The van der Waals surface area contributed by atoms with Gasteiger partial charge in [0.05, 0.1) is 0 Å². The van der Waals surface area contributed by atoms with Gasteiger partial charge in [-0.15, -0.1) is 0 Å². The maximum atomic E-state index is 10.1. The van der Waals surface area contributed by atoms with E-state index in [1.807, 2.05) is 18.2 Å². The number of nitrogens with zero attached hydrogens (tertiary/aromatic N) is 2. The Morgan fingerprint density at radius 2 is 2.19 bits per heavy atom. The summed E-state index contributed by atoms with van der Waals surface area (Å²) in [7, 11) is 1.50. The van der Waals surface area contributed by atoms with Crippen molar-refractivity contribution in [2.75, 3.05) is 12.4 Å². The molecule has 0 spiro atoms. The van der Waals surface area contributed by atoms with E-state index in [1.165, 1.54) is 7.11 Å². The summed E-state index contributed by atoms with van der Waals surface area (Å²) in [4.78, 5) is 0. The van der Waals surface area contributed by atoms with Gasteiger partial charge in [0.2, 0.25) is 0 Å². The minimum absolute atomic E-state index is 0.0679. The van der Waals surface area contributed by atoms with Gasteiger partial charge in [0.25, 0.3) is 0 Å². The molecule has 108 valence electrons. The molecular weight excluding hydrogens is 357 g/mol. The Bertz CT molecular complexity index is 773. The number of phenols is 1. The molecule has 7 heteroatoms. The van der Waals surface area contributed by atoms with Crippen LogP contribution in [0.2, 0.25) is 5.02 Å². The third-order valence-corrected chi connectivity index (χ3v) is 4.45. The summed E-state index contributed by atoms with van der Waals surface area (Å²) in [5.74, 6) is 0.452. The molecular formula is C14H12ClN3O2Se. The van der Waals surface area contributed by atoms with Gasteiger partial charge in [-0.05, 0) is 0 Å². The predicted octanol–water partition coefficient (Wildman–Crippen LogP) is 4.01.